The Morgan fingerprint density at radius 1 is 1.05 bits per heavy atom. The summed E-state index contributed by atoms with van der Waals surface area (Å²) in [6.45, 7) is -0.472. The van der Waals surface area contributed by atoms with Gasteiger partial charge in [0.15, 0.2) is 6.61 Å². The number of hydrogen-bond acceptors (Lipinski definition) is 6. The number of amides is 1. The number of hydrogen-bond donors (Lipinski definition) is 3. The molecule has 1 amide bonds. The number of furan rings is 1. The van der Waals surface area contributed by atoms with Gasteiger partial charge < -0.3 is 29.3 Å². The zero-order valence-electron chi connectivity index (χ0n) is 21.2. The molecular formula is C29H29N3O7. The number of carbonyl (C=O) groups is 3. The van der Waals surface area contributed by atoms with Gasteiger partial charge in [0.1, 0.15) is 23.9 Å². The zero-order chi connectivity index (χ0) is 27.4. The summed E-state index contributed by atoms with van der Waals surface area (Å²) < 4.78 is 12.7. The quantitative estimate of drug-likeness (QED) is 0.267. The molecule has 202 valence electrons. The Kier molecular flexibility index (Phi) is 7.62. The molecule has 0 radical (unpaired) electrons. The van der Waals surface area contributed by atoms with Crippen molar-refractivity contribution in [3.05, 3.63) is 72.2 Å². The first kappa shape index (κ1) is 26.0. The van der Waals surface area contributed by atoms with E-state index >= 15 is 0 Å². The second kappa shape index (κ2) is 11.4. The van der Waals surface area contributed by atoms with Crippen LogP contribution in [0.3, 0.4) is 0 Å². The van der Waals surface area contributed by atoms with Gasteiger partial charge in [-0.1, -0.05) is 31.4 Å². The van der Waals surface area contributed by atoms with E-state index in [9.17, 15) is 19.5 Å². The van der Waals surface area contributed by atoms with Crippen LogP contribution in [0.1, 0.15) is 54.1 Å². The third-order valence-electron chi connectivity index (χ3n) is 7.00. The molecule has 0 aliphatic heterocycles. The number of carboxylic acid groups (broad SMARTS) is 2. The molecule has 1 aliphatic rings. The minimum atomic E-state index is -1.17. The van der Waals surface area contributed by atoms with Crippen LogP contribution in [0.2, 0.25) is 0 Å². The molecule has 0 spiro atoms. The van der Waals surface area contributed by atoms with Gasteiger partial charge >= 0.3 is 11.9 Å². The van der Waals surface area contributed by atoms with Crippen molar-refractivity contribution in [3.63, 3.8) is 0 Å². The molecule has 4 aromatic rings. The number of nitrogens with one attached hydrogen (secondary N) is 1. The van der Waals surface area contributed by atoms with Crippen LogP contribution < -0.4 is 10.1 Å². The predicted molar refractivity (Wildman–Crippen MR) is 142 cm³/mol. The Morgan fingerprint density at radius 3 is 2.49 bits per heavy atom. The van der Waals surface area contributed by atoms with Gasteiger partial charge in [0.2, 0.25) is 0 Å². The summed E-state index contributed by atoms with van der Waals surface area (Å²) in [6, 6.07) is 12.7. The van der Waals surface area contributed by atoms with Crippen molar-refractivity contribution in [1.29, 1.82) is 0 Å². The lowest BCUT2D eigenvalue weighted by Gasteiger charge is -2.25. The van der Waals surface area contributed by atoms with Gasteiger partial charge in [-0.15, -0.1) is 0 Å². The molecule has 1 saturated carbocycles. The molecule has 2 aromatic heterocycles. The number of benzene rings is 2. The number of aliphatic carboxylic acids is 2. The summed E-state index contributed by atoms with van der Waals surface area (Å²) in [5.74, 6) is -1.62. The average molecular weight is 532 g/mol. The summed E-state index contributed by atoms with van der Waals surface area (Å²) >= 11 is 0. The Bertz CT molecular complexity index is 1470. The lowest BCUT2D eigenvalue weighted by atomic mass is 9.95. The van der Waals surface area contributed by atoms with E-state index in [1.54, 1.807) is 48.9 Å². The minimum Gasteiger partial charge on any atom is -0.482 e. The topological polar surface area (TPSA) is 144 Å². The van der Waals surface area contributed by atoms with Crippen molar-refractivity contribution >= 4 is 28.9 Å². The highest BCUT2D eigenvalue weighted by Gasteiger charge is 2.25. The van der Waals surface area contributed by atoms with Crippen LogP contribution in [-0.2, 0) is 16.0 Å². The summed E-state index contributed by atoms with van der Waals surface area (Å²) in [6.07, 6.45) is 8.98. The fourth-order valence-corrected chi connectivity index (χ4v) is 5.09. The van der Waals surface area contributed by atoms with Gasteiger partial charge in [-0.25, -0.2) is 14.6 Å². The van der Waals surface area contributed by atoms with Gasteiger partial charge in [0, 0.05) is 18.0 Å². The van der Waals surface area contributed by atoms with Gasteiger partial charge in [-0.2, -0.15) is 0 Å². The third kappa shape index (κ3) is 5.95. The third-order valence-corrected chi connectivity index (χ3v) is 7.00. The molecule has 0 saturated heterocycles. The van der Waals surface area contributed by atoms with Crippen LogP contribution in [0.4, 0.5) is 0 Å². The highest BCUT2D eigenvalue weighted by Crippen LogP contribution is 2.36. The van der Waals surface area contributed by atoms with Gasteiger partial charge in [0.25, 0.3) is 5.91 Å². The van der Waals surface area contributed by atoms with Gasteiger partial charge in [-0.3, -0.25) is 4.79 Å². The molecule has 0 bridgehead atoms. The van der Waals surface area contributed by atoms with E-state index in [4.69, 9.17) is 19.2 Å². The van der Waals surface area contributed by atoms with Crippen molar-refractivity contribution in [3.8, 4) is 17.1 Å². The van der Waals surface area contributed by atoms with Crippen LogP contribution in [0.15, 0.2) is 65.5 Å². The van der Waals surface area contributed by atoms with Gasteiger partial charge in [0.05, 0.1) is 22.9 Å². The lowest BCUT2D eigenvalue weighted by molar-refractivity contribution is -0.140. The molecule has 1 aliphatic carbocycles. The van der Waals surface area contributed by atoms with Crippen molar-refractivity contribution in [2.75, 3.05) is 6.61 Å². The molecule has 10 heteroatoms. The fourth-order valence-electron chi connectivity index (χ4n) is 5.09. The molecule has 1 atom stereocenters. The molecule has 5 rings (SSSR count). The van der Waals surface area contributed by atoms with Crippen molar-refractivity contribution < 1.29 is 33.8 Å². The molecular weight excluding hydrogens is 502 g/mol. The van der Waals surface area contributed by atoms with Crippen molar-refractivity contribution in [2.45, 2.75) is 50.6 Å². The van der Waals surface area contributed by atoms with E-state index in [0.29, 0.717) is 28.4 Å². The number of carboxylic acids is 2. The Balaban J connectivity index is 1.35. The maximum Gasteiger partial charge on any atom is 0.341 e. The lowest BCUT2D eigenvalue weighted by Crippen LogP contribution is -2.42. The van der Waals surface area contributed by atoms with E-state index in [0.717, 1.165) is 42.6 Å². The molecule has 3 N–H and O–H groups in total. The largest absolute Gasteiger partial charge is 0.482 e. The van der Waals surface area contributed by atoms with Crippen LogP contribution >= 0.6 is 0 Å². The summed E-state index contributed by atoms with van der Waals surface area (Å²) in [4.78, 5) is 40.6. The number of rotatable bonds is 10. The van der Waals surface area contributed by atoms with E-state index in [1.165, 1.54) is 6.42 Å². The molecule has 1 unspecified atom stereocenters. The summed E-state index contributed by atoms with van der Waals surface area (Å²) in [5, 5.41) is 21.1. The number of aromatic nitrogens is 2. The average Bonchev–Trinajstić information content (AvgIpc) is 3.60. The van der Waals surface area contributed by atoms with Crippen molar-refractivity contribution in [1.82, 2.24) is 14.9 Å². The summed E-state index contributed by atoms with van der Waals surface area (Å²) in [7, 11) is 0. The smallest absolute Gasteiger partial charge is 0.341 e. The predicted octanol–water partition coefficient (Wildman–Crippen LogP) is 4.69. The molecule has 39 heavy (non-hydrogen) atoms. The molecule has 1 fully saturated rings. The Hall–Kier alpha value is -4.60. The van der Waals surface area contributed by atoms with E-state index in [1.807, 2.05) is 12.1 Å². The second-order valence-corrected chi connectivity index (χ2v) is 9.71. The first-order chi connectivity index (χ1) is 18.9. The SMILES string of the molecule is O=C(O)COc1ccc(CC(NC(=O)c2ccc3c(c2)nc(-c2ccoc2)n3C2CCCCC2)C(=O)O)cc1. The standard InChI is InChI=1S/C29H29N3O7/c33-26(34)17-39-22-9-6-18(7-10-22)14-24(29(36)37)31-28(35)19-8-11-25-23(15-19)30-27(20-12-13-38-16-20)32(25)21-4-2-1-3-5-21/h6-13,15-16,21,24H,1-5,14,17H2,(H,31,35)(H,33,34)(H,36,37). The number of nitrogens with zero attached hydrogens (tertiary/aromatic N) is 2. The van der Waals surface area contributed by atoms with E-state index in [2.05, 4.69) is 9.88 Å². The van der Waals surface area contributed by atoms with E-state index < -0.39 is 30.5 Å². The first-order valence-electron chi connectivity index (χ1n) is 12.9. The highest BCUT2D eigenvalue weighted by molar-refractivity contribution is 5.99. The molecule has 2 heterocycles. The first-order valence-corrected chi connectivity index (χ1v) is 12.9. The Labute approximate surface area is 224 Å². The maximum absolute atomic E-state index is 13.1. The summed E-state index contributed by atoms with van der Waals surface area (Å²) in [5.41, 5.74) is 3.42. The monoisotopic (exact) mass is 531 g/mol. The van der Waals surface area contributed by atoms with Crippen LogP contribution in [-0.4, -0.2) is 50.3 Å². The van der Waals surface area contributed by atoms with Crippen LogP contribution in [0.5, 0.6) is 5.75 Å². The van der Waals surface area contributed by atoms with Gasteiger partial charge in [-0.05, 0) is 54.8 Å². The number of ether oxygens (including phenoxy) is 1. The molecule has 10 nitrogen and oxygen atoms in total. The Morgan fingerprint density at radius 2 is 1.82 bits per heavy atom. The fraction of sp³-hybridized carbons (Fsp3) is 0.310. The number of fused-ring (bicyclic) bond motifs is 1. The van der Waals surface area contributed by atoms with E-state index in [-0.39, 0.29) is 6.42 Å². The zero-order valence-corrected chi connectivity index (χ0v) is 21.2. The number of carbonyl (C=O) groups excluding carboxylic acids is 1. The normalized spacial score (nSPS) is 14.7. The van der Waals surface area contributed by atoms with Crippen LogP contribution in [0, 0.1) is 0 Å². The minimum absolute atomic E-state index is 0.0451. The second-order valence-electron chi connectivity index (χ2n) is 9.71. The maximum atomic E-state index is 13.1. The van der Waals surface area contributed by atoms with Crippen molar-refractivity contribution in [2.24, 2.45) is 0 Å². The van der Waals surface area contributed by atoms with Crippen LogP contribution in [0.25, 0.3) is 22.4 Å². The number of imidazole rings is 1. The molecule has 2 aromatic carbocycles. The highest BCUT2D eigenvalue weighted by atomic mass is 16.5.